The Morgan fingerprint density at radius 2 is 1.83 bits per heavy atom. The largest absolute Gasteiger partial charge is 0.497 e. The Morgan fingerprint density at radius 1 is 1.07 bits per heavy atom. The van der Waals surface area contributed by atoms with Gasteiger partial charge in [-0.15, -0.1) is 0 Å². The number of benzene rings is 2. The molecule has 2 amide bonds. The minimum absolute atomic E-state index is 0.00284. The Morgan fingerprint density at radius 3 is 2.55 bits per heavy atom. The lowest BCUT2D eigenvalue weighted by Crippen LogP contribution is -2.51. The van der Waals surface area contributed by atoms with Crippen LogP contribution in [0.5, 0.6) is 5.75 Å². The van der Waals surface area contributed by atoms with Crippen LogP contribution in [0.25, 0.3) is 0 Å². The Balaban J connectivity index is 1.38. The minimum atomic E-state index is -0.353. The quantitative estimate of drug-likeness (QED) is 0.796. The molecule has 0 aromatic heterocycles. The van der Waals surface area contributed by atoms with E-state index in [1.54, 1.807) is 35.1 Å². The zero-order valence-electron chi connectivity index (χ0n) is 16.4. The van der Waals surface area contributed by atoms with Crippen LogP contribution in [0.1, 0.15) is 6.42 Å². The van der Waals surface area contributed by atoms with Crippen LogP contribution in [0.4, 0.5) is 15.8 Å². The molecule has 4 rings (SSSR count). The van der Waals surface area contributed by atoms with Crippen LogP contribution in [-0.4, -0.2) is 56.5 Å². The van der Waals surface area contributed by atoms with Crippen molar-refractivity contribution in [3.63, 3.8) is 0 Å². The molecule has 2 fully saturated rings. The normalized spacial score (nSPS) is 19.6. The molecular formula is C22H24FN3O3. The monoisotopic (exact) mass is 397 g/mol. The Kier molecular flexibility index (Phi) is 5.38. The van der Waals surface area contributed by atoms with Gasteiger partial charge >= 0.3 is 0 Å². The van der Waals surface area contributed by atoms with Crippen LogP contribution >= 0.6 is 0 Å². The minimum Gasteiger partial charge on any atom is -0.497 e. The van der Waals surface area contributed by atoms with Crippen molar-refractivity contribution in [3.05, 3.63) is 54.3 Å². The summed E-state index contributed by atoms with van der Waals surface area (Å²) in [5, 5.41) is 0. The molecular weight excluding hydrogens is 373 g/mol. The van der Waals surface area contributed by atoms with Crippen molar-refractivity contribution in [1.29, 1.82) is 0 Å². The van der Waals surface area contributed by atoms with Crippen molar-refractivity contribution in [2.45, 2.75) is 6.42 Å². The fourth-order valence-corrected chi connectivity index (χ4v) is 4.04. The maximum absolute atomic E-state index is 14.0. The molecule has 29 heavy (non-hydrogen) atoms. The van der Waals surface area contributed by atoms with Gasteiger partial charge in [-0.25, -0.2) is 4.39 Å². The van der Waals surface area contributed by atoms with Gasteiger partial charge in [0.15, 0.2) is 0 Å². The molecule has 0 N–H and O–H groups in total. The molecule has 0 aliphatic carbocycles. The highest BCUT2D eigenvalue weighted by molar-refractivity contribution is 6.00. The van der Waals surface area contributed by atoms with E-state index < -0.39 is 0 Å². The third-order valence-corrected chi connectivity index (χ3v) is 5.62. The van der Waals surface area contributed by atoms with Crippen molar-refractivity contribution < 1.29 is 18.7 Å². The number of piperazine rings is 1. The molecule has 152 valence electrons. The number of halogens is 1. The third kappa shape index (κ3) is 3.90. The molecule has 1 unspecified atom stereocenters. The smallest absolute Gasteiger partial charge is 0.228 e. The first-order valence-electron chi connectivity index (χ1n) is 9.79. The van der Waals surface area contributed by atoms with E-state index in [0.717, 1.165) is 5.69 Å². The number of ether oxygens (including phenoxy) is 1. The van der Waals surface area contributed by atoms with E-state index in [1.165, 1.54) is 6.07 Å². The molecule has 7 heteroatoms. The van der Waals surface area contributed by atoms with Crippen LogP contribution in [-0.2, 0) is 9.59 Å². The van der Waals surface area contributed by atoms with E-state index in [0.29, 0.717) is 44.2 Å². The van der Waals surface area contributed by atoms with Crippen molar-refractivity contribution >= 4 is 23.2 Å². The van der Waals surface area contributed by atoms with Crippen molar-refractivity contribution in [2.24, 2.45) is 5.92 Å². The zero-order valence-corrected chi connectivity index (χ0v) is 16.4. The molecule has 0 bridgehead atoms. The Bertz CT molecular complexity index is 912. The van der Waals surface area contributed by atoms with E-state index in [9.17, 15) is 14.0 Å². The fraction of sp³-hybridized carbons (Fsp3) is 0.364. The molecule has 0 radical (unpaired) electrons. The van der Waals surface area contributed by atoms with Crippen LogP contribution in [0.15, 0.2) is 48.5 Å². The average molecular weight is 397 g/mol. The number of anilines is 2. The predicted molar refractivity (Wildman–Crippen MR) is 109 cm³/mol. The first-order chi connectivity index (χ1) is 14.1. The number of methoxy groups -OCH3 is 1. The van der Waals surface area contributed by atoms with Crippen molar-refractivity contribution in [3.8, 4) is 5.75 Å². The lowest BCUT2D eigenvalue weighted by atomic mass is 10.1. The lowest BCUT2D eigenvalue weighted by Gasteiger charge is -2.37. The number of hydrogen-bond donors (Lipinski definition) is 0. The summed E-state index contributed by atoms with van der Waals surface area (Å²) in [5.74, 6) is 0.0178. The topological polar surface area (TPSA) is 53.1 Å². The first-order valence-corrected chi connectivity index (χ1v) is 9.79. The van der Waals surface area contributed by atoms with Crippen LogP contribution in [0.2, 0.25) is 0 Å². The fourth-order valence-electron chi connectivity index (χ4n) is 4.04. The number of nitrogens with zero attached hydrogens (tertiary/aromatic N) is 3. The molecule has 2 aliphatic rings. The summed E-state index contributed by atoms with van der Waals surface area (Å²) in [4.78, 5) is 30.9. The van der Waals surface area contributed by atoms with Gasteiger partial charge in [0.1, 0.15) is 11.6 Å². The third-order valence-electron chi connectivity index (χ3n) is 5.62. The molecule has 2 saturated heterocycles. The van der Waals surface area contributed by atoms with Gasteiger partial charge in [0.25, 0.3) is 0 Å². The van der Waals surface area contributed by atoms with Gasteiger partial charge in [0, 0.05) is 50.9 Å². The summed E-state index contributed by atoms with van der Waals surface area (Å²) < 4.78 is 19.2. The van der Waals surface area contributed by atoms with Crippen LogP contribution in [0, 0.1) is 11.7 Å². The summed E-state index contributed by atoms with van der Waals surface area (Å²) in [6.45, 7) is 2.58. The van der Waals surface area contributed by atoms with Gasteiger partial charge in [-0.05, 0) is 24.3 Å². The van der Waals surface area contributed by atoms with E-state index in [4.69, 9.17) is 4.74 Å². The second-order valence-corrected chi connectivity index (χ2v) is 7.37. The van der Waals surface area contributed by atoms with E-state index in [2.05, 4.69) is 0 Å². The lowest BCUT2D eigenvalue weighted by molar-refractivity contribution is -0.136. The predicted octanol–water partition coefficient (Wildman–Crippen LogP) is 2.54. The molecule has 0 saturated carbocycles. The summed E-state index contributed by atoms with van der Waals surface area (Å²) in [7, 11) is 1.58. The second-order valence-electron chi connectivity index (χ2n) is 7.37. The summed E-state index contributed by atoms with van der Waals surface area (Å²) in [6.07, 6.45) is 0.212. The molecule has 2 aromatic carbocycles. The molecule has 6 nitrogen and oxygen atoms in total. The molecule has 2 heterocycles. The first kappa shape index (κ1) is 19.2. The van der Waals surface area contributed by atoms with E-state index >= 15 is 0 Å². The molecule has 2 aromatic rings. The van der Waals surface area contributed by atoms with Gasteiger partial charge in [-0.2, -0.15) is 0 Å². The van der Waals surface area contributed by atoms with E-state index in [-0.39, 0.29) is 30.0 Å². The van der Waals surface area contributed by atoms with Gasteiger partial charge in [-0.3, -0.25) is 9.59 Å². The highest BCUT2D eigenvalue weighted by Crippen LogP contribution is 2.29. The maximum Gasteiger partial charge on any atom is 0.228 e. The number of carbonyl (C=O) groups excluding carboxylic acids is 2. The van der Waals surface area contributed by atoms with Crippen molar-refractivity contribution in [2.75, 3.05) is 49.6 Å². The highest BCUT2D eigenvalue weighted by atomic mass is 19.1. The molecule has 2 aliphatic heterocycles. The van der Waals surface area contributed by atoms with Crippen LogP contribution in [0.3, 0.4) is 0 Å². The molecule has 1 atom stereocenters. The van der Waals surface area contributed by atoms with E-state index in [1.807, 2.05) is 29.2 Å². The van der Waals surface area contributed by atoms with Gasteiger partial charge in [0.2, 0.25) is 11.8 Å². The zero-order chi connectivity index (χ0) is 20.4. The number of hydrogen-bond acceptors (Lipinski definition) is 4. The summed E-state index contributed by atoms with van der Waals surface area (Å²) in [5.41, 5.74) is 1.31. The standard InChI is InChI=1S/C22H24FN3O3/c1-29-18-6-4-5-17(14-18)26-15-16(13-21(26)27)22(28)25-11-9-24(10-12-25)20-8-3-2-7-19(20)23/h2-8,14,16H,9-13,15H2,1H3. The molecule has 0 spiro atoms. The van der Waals surface area contributed by atoms with Gasteiger partial charge in [-0.1, -0.05) is 18.2 Å². The number of rotatable bonds is 4. The van der Waals surface area contributed by atoms with Gasteiger partial charge in [0.05, 0.1) is 18.7 Å². The summed E-state index contributed by atoms with van der Waals surface area (Å²) >= 11 is 0. The van der Waals surface area contributed by atoms with Crippen LogP contribution < -0.4 is 14.5 Å². The Hall–Kier alpha value is -3.09. The van der Waals surface area contributed by atoms with Crippen molar-refractivity contribution in [1.82, 2.24) is 4.90 Å². The summed E-state index contributed by atoms with van der Waals surface area (Å²) in [6, 6.07) is 14.0. The SMILES string of the molecule is COc1cccc(N2CC(C(=O)N3CCN(c4ccccc4F)CC3)CC2=O)c1. The number of para-hydroxylation sites is 1. The average Bonchev–Trinajstić information content (AvgIpc) is 3.15. The maximum atomic E-state index is 14.0. The van der Waals surface area contributed by atoms with Gasteiger partial charge < -0.3 is 19.4 Å². The second kappa shape index (κ2) is 8.11. The Labute approximate surface area is 169 Å². The number of carbonyl (C=O) groups is 2. The highest BCUT2D eigenvalue weighted by Gasteiger charge is 2.38. The number of amides is 2.